The third-order valence-corrected chi connectivity index (χ3v) is 2.40. The van der Waals surface area contributed by atoms with Crippen LogP contribution in [0.15, 0.2) is 15.5 Å². The zero-order valence-corrected chi connectivity index (χ0v) is 9.11. The molecule has 0 saturated heterocycles. The summed E-state index contributed by atoms with van der Waals surface area (Å²) in [7, 11) is 0. The van der Waals surface area contributed by atoms with E-state index in [2.05, 4.69) is 31.4 Å². The van der Waals surface area contributed by atoms with E-state index < -0.39 is 17.6 Å². The van der Waals surface area contributed by atoms with Crippen molar-refractivity contribution in [2.45, 2.75) is 6.10 Å². The lowest BCUT2D eigenvalue weighted by Crippen LogP contribution is -2.34. The molecule has 0 bridgehead atoms. The molecule has 1 aromatic rings. The van der Waals surface area contributed by atoms with Crippen LogP contribution in [-0.2, 0) is 4.79 Å². The molecule has 1 rings (SSSR count). The molecule has 1 amide bonds. The van der Waals surface area contributed by atoms with E-state index in [0.29, 0.717) is 5.69 Å². The van der Waals surface area contributed by atoms with Gasteiger partial charge >= 0.3 is 0 Å². The number of halogens is 1. The van der Waals surface area contributed by atoms with Crippen LogP contribution in [0, 0.1) is 0 Å². The molecule has 0 aliphatic carbocycles. The van der Waals surface area contributed by atoms with Gasteiger partial charge in [-0.1, -0.05) is 0 Å². The Balaban J connectivity index is 2.70. The second kappa shape index (κ2) is 4.89. The standard InChI is InChI=1S/C7H9BrN4O3/c8-5-3(1-11-12-7(5)15)10-2-4(13)6(9)14/h1,4,13H,2H2,(H2,9,14)(H2,10,12,15). The van der Waals surface area contributed by atoms with Crippen LogP contribution in [0.3, 0.4) is 0 Å². The van der Waals surface area contributed by atoms with Gasteiger partial charge in [0, 0.05) is 6.54 Å². The van der Waals surface area contributed by atoms with Gasteiger partial charge in [0.25, 0.3) is 5.56 Å². The van der Waals surface area contributed by atoms with E-state index in [1.165, 1.54) is 6.20 Å². The van der Waals surface area contributed by atoms with Gasteiger partial charge in [0.2, 0.25) is 5.91 Å². The molecule has 1 aromatic heterocycles. The van der Waals surface area contributed by atoms with Crippen molar-refractivity contribution >= 4 is 27.5 Å². The monoisotopic (exact) mass is 276 g/mol. The SMILES string of the molecule is NC(=O)C(O)CNc1cn[nH]c(=O)c1Br. The number of nitrogens with zero attached hydrogens (tertiary/aromatic N) is 1. The number of hydrogen-bond acceptors (Lipinski definition) is 5. The molecule has 82 valence electrons. The Morgan fingerprint density at radius 1 is 1.80 bits per heavy atom. The lowest BCUT2D eigenvalue weighted by atomic mass is 10.3. The van der Waals surface area contributed by atoms with Crippen molar-refractivity contribution in [1.82, 2.24) is 10.2 Å². The number of aliphatic hydroxyl groups is 1. The van der Waals surface area contributed by atoms with Crippen molar-refractivity contribution < 1.29 is 9.90 Å². The first-order valence-corrected chi connectivity index (χ1v) is 4.76. The fourth-order valence-electron chi connectivity index (χ4n) is 0.814. The largest absolute Gasteiger partial charge is 0.381 e. The minimum Gasteiger partial charge on any atom is -0.381 e. The maximum atomic E-state index is 11.1. The Morgan fingerprint density at radius 2 is 2.47 bits per heavy atom. The van der Waals surface area contributed by atoms with Crippen molar-refractivity contribution in [3.8, 4) is 0 Å². The molecule has 1 heterocycles. The number of carbonyl (C=O) groups is 1. The second-order valence-corrected chi connectivity index (χ2v) is 3.52. The second-order valence-electron chi connectivity index (χ2n) is 2.73. The van der Waals surface area contributed by atoms with E-state index in [1.807, 2.05) is 0 Å². The normalized spacial score (nSPS) is 12.1. The number of hydrogen-bond donors (Lipinski definition) is 4. The number of H-pyrrole nitrogens is 1. The minimum absolute atomic E-state index is 0.0843. The quantitative estimate of drug-likeness (QED) is 0.550. The molecule has 0 saturated carbocycles. The highest BCUT2D eigenvalue weighted by Crippen LogP contribution is 2.14. The summed E-state index contributed by atoms with van der Waals surface area (Å²) in [6, 6.07) is 0. The molecule has 0 fully saturated rings. The molecule has 15 heavy (non-hydrogen) atoms. The summed E-state index contributed by atoms with van der Waals surface area (Å²) in [5.74, 6) is -0.837. The Bertz CT molecular complexity index is 419. The number of aromatic nitrogens is 2. The maximum Gasteiger partial charge on any atom is 0.280 e. The summed E-state index contributed by atoms with van der Waals surface area (Å²) in [4.78, 5) is 21.6. The van der Waals surface area contributed by atoms with Crippen LogP contribution in [0.25, 0.3) is 0 Å². The number of primary amides is 1. The number of aromatic amines is 1. The zero-order valence-electron chi connectivity index (χ0n) is 7.53. The van der Waals surface area contributed by atoms with Gasteiger partial charge in [-0.2, -0.15) is 5.10 Å². The van der Waals surface area contributed by atoms with Gasteiger partial charge in [-0.15, -0.1) is 0 Å². The summed E-state index contributed by atoms with van der Waals surface area (Å²) in [5, 5.41) is 17.5. The van der Waals surface area contributed by atoms with Crippen molar-refractivity contribution in [2.24, 2.45) is 5.73 Å². The van der Waals surface area contributed by atoms with Gasteiger partial charge in [-0.3, -0.25) is 9.59 Å². The highest BCUT2D eigenvalue weighted by molar-refractivity contribution is 9.10. The van der Waals surface area contributed by atoms with Crippen LogP contribution in [-0.4, -0.2) is 33.9 Å². The molecule has 1 unspecified atom stereocenters. The summed E-state index contributed by atoms with van der Waals surface area (Å²) in [6.07, 6.45) is 0.0373. The van der Waals surface area contributed by atoms with Crippen molar-refractivity contribution in [3.63, 3.8) is 0 Å². The van der Waals surface area contributed by atoms with E-state index in [9.17, 15) is 9.59 Å². The predicted octanol–water partition coefficient (Wildman–Crippen LogP) is -1.21. The summed E-state index contributed by atoms with van der Waals surface area (Å²) in [6.45, 7) is -0.0843. The molecule has 8 heteroatoms. The van der Waals surface area contributed by atoms with Crippen molar-refractivity contribution in [3.05, 3.63) is 21.0 Å². The lowest BCUT2D eigenvalue weighted by Gasteiger charge is -2.09. The number of nitrogens with two attached hydrogens (primary N) is 1. The van der Waals surface area contributed by atoms with Crippen molar-refractivity contribution in [1.29, 1.82) is 0 Å². The summed E-state index contributed by atoms with van der Waals surface area (Å²) in [5.41, 5.74) is 4.81. The number of carbonyl (C=O) groups excluding carboxylic acids is 1. The number of rotatable bonds is 4. The number of anilines is 1. The smallest absolute Gasteiger partial charge is 0.280 e. The van der Waals surface area contributed by atoms with Gasteiger partial charge in [-0.25, -0.2) is 5.10 Å². The van der Waals surface area contributed by atoms with Gasteiger partial charge in [0.1, 0.15) is 10.6 Å². The lowest BCUT2D eigenvalue weighted by molar-refractivity contribution is -0.125. The Kier molecular flexibility index (Phi) is 3.81. The van der Waals surface area contributed by atoms with Crippen LogP contribution in [0.5, 0.6) is 0 Å². The van der Waals surface area contributed by atoms with Crippen LogP contribution >= 0.6 is 15.9 Å². The van der Waals surface area contributed by atoms with E-state index in [-0.39, 0.29) is 11.0 Å². The zero-order chi connectivity index (χ0) is 11.4. The molecule has 0 radical (unpaired) electrons. The highest BCUT2D eigenvalue weighted by Gasteiger charge is 2.11. The van der Waals surface area contributed by atoms with Gasteiger partial charge < -0.3 is 16.2 Å². The predicted molar refractivity (Wildman–Crippen MR) is 56.2 cm³/mol. The molecule has 0 aromatic carbocycles. The van der Waals surface area contributed by atoms with E-state index in [0.717, 1.165) is 0 Å². The first kappa shape index (κ1) is 11.7. The first-order chi connectivity index (χ1) is 7.02. The fraction of sp³-hybridized carbons (Fsp3) is 0.286. The first-order valence-electron chi connectivity index (χ1n) is 3.97. The highest BCUT2D eigenvalue weighted by atomic mass is 79.9. The van der Waals surface area contributed by atoms with E-state index >= 15 is 0 Å². The molecule has 1 atom stereocenters. The van der Waals surface area contributed by atoms with Crippen molar-refractivity contribution in [2.75, 3.05) is 11.9 Å². The third-order valence-electron chi connectivity index (χ3n) is 1.61. The average Bonchev–Trinajstić information content (AvgIpc) is 2.19. The molecule has 0 aliphatic heterocycles. The Morgan fingerprint density at radius 3 is 3.07 bits per heavy atom. The van der Waals surface area contributed by atoms with Gasteiger partial charge in [0.15, 0.2) is 0 Å². The number of nitrogens with one attached hydrogen (secondary N) is 2. The Hall–Kier alpha value is -1.41. The Labute approximate surface area is 92.8 Å². The van der Waals surface area contributed by atoms with Crippen LogP contribution < -0.4 is 16.6 Å². The van der Waals surface area contributed by atoms with Crippen LogP contribution in [0.2, 0.25) is 0 Å². The number of aliphatic hydroxyl groups excluding tert-OH is 1. The summed E-state index contributed by atoms with van der Waals surface area (Å²) < 4.78 is 0.245. The molecular weight excluding hydrogens is 268 g/mol. The fourth-order valence-corrected chi connectivity index (χ4v) is 1.15. The maximum absolute atomic E-state index is 11.1. The molecule has 5 N–H and O–H groups in total. The minimum atomic E-state index is -1.31. The van der Waals surface area contributed by atoms with Crippen LogP contribution in [0.4, 0.5) is 5.69 Å². The molecule has 0 aliphatic rings. The van der Waals surface area contributed by atoms with Gasteiger partial charge in [-0.05, 0) is 15.9 Å². The van der Waals surface area contributed by atoms with Crippen LogP contribution in [0.1, 0.15) is 0 Å². The third kappa shape index (κ3) is 3.03. The van der Waals surface area contributed by atoms with E-state index in [4.69, 9.17) is 10.8 Å². The topological polar surface area (TPSA) is 121 Å². The number of amides is 1. The van der Waals surface area contributed by atoms with E-state index in [1.54, 1.807) is 0 Å². The van der Waals surface area contributed by atoms with Gasteiger partial charge in [0.05, 0.1) is 11.9 Å². The average molecular weight is 277 g/mol. The molecular formula is C7H9BrN4O3. The summed E-state index contributed by atoms with van der Waals surface area (Å²) >= 11 is 3.02. The molecule has 7 nitrogen and oxygen atoms in total. The molecule has 0 spiro atoms.